The molecule has 0 bridgehead atoms. The molecule has 4 rings (SSSR count). The van der Waals surface area contributed by atoms with E-state index in [1.54, 1.807) is 18.3 Å². The summed E-state index contributed by atoms with van der Waals surface area (Å²) in [5.74, 6) is 0.866. The van der Waals surface area contributed by atoms with Crippen LogP contribution in [0.5, 0.6) is 5.88 Å². The van der Waals surface area contributed by atoms with Gasteiger partial charge in [-0.05, 0) is 49.6 Å². The van der Waals surface area contributed by atoms with Crippen LogP contribution in [-0.4, -0.2) is 23.0 Å². The zero-order chi connectivity index (χ0) is 22.2. The first-order valence-corrected chi connectivity index (χ1v) is 9.74. The number of hydrogen-bond donors (Lipinski definition) is 1. The zero-order valence-electron chi connectivity index (χ0n) is 16.9. The van der Waals surface area contributed by atoms with E-state index in [2.05, 4.69) is 15.3 Å². The molecule has 1 aliphatic rings. The lowest BCUT2D eigenvalue weighted by molar-refractivity contribution is -0.137. The number of carbonyl (C=O) groups excluding carboxylic acids is 1. The van der Waals surface area contributed by atoms with Gasteiger partial charge in [0.25, 0.3) is 5.91 Å². The molecule has 0 saturated heterocycles. The average Bonchev–Trinajstić information content (AvgIpc) is 3.18. The van der Waals surface area contributed by atoms with Gasteiger partial charge in [0.15, 0.2) is 0 Å². The average molecular weight is 431 g/mol. The molecule has 1 unspecified atom stereocenters. The lowest BCUT2D eigenvalue weighted by atomic mass is 9.96. The predicted octanol–water partition coefficient (Wildman–Crippen LogP) is 4.88. The van der Waals surface area contributed by atoms with E-state index in [0.29, 0.717) is 47.2 Å². The Morgan fingerprint density at radius 3 is 2.81 bits per heavy atom. The quantitative estimate of drug-likeness (QED) is 0.637. The van der Waals surface area contributed by atoms with E-state index in [9.17, 15) is 18.0 Å². The fourth-order valence-corrected chi connectivity index (χ4v) is 3.66. The minimum Gasteiger partial charge on any atom is -0.481 e. The topological polar surface area (TPSA) is 77.3 Å². The Hall–Kier alpha value is -3.36. The summed E-state index contributed by atoms with van der Waals surface area (Å²) < 4.78 is 50.4. The number of aryl methyl sites for hydroxylation is 2. The van der Waals surface area contributed by atoms with Crippen molar-refractivity contribution in [1.29, 1.82) is 0 Å². The summed E-state index contributed by atoms with van der Waals surface area (Å²) in [6.07, 6.45) is -0.909. The Morgan fingerprint density at radius 1 is 1.26 bits per heavy atom. The van der Waals surface area contributed by atoms with Gasteiger partial charge in [-0.15, -0.1) is 0 Å². The molecule has 162 valence electrons. The number of benzene rings is 1. The van der Waals surface area contributed by atoms with E-state index in [0.717, 1.165) is 18.6 Å². The van der Waals surface area contributed by atoms with E-state index in [1.165, 1.54) is 20.1 Å². The Bertz CT molecular complexity index is 1120. The van der Waals surface area contributed by atoms with Crippen LogP contribution in [0.15, 0.2) is 40.9 Å². The van der Waals surface area contributed by atoms with Gasteiger partial charge in [0, 0.05) is 29.8 Å². The monoisotopic (exact) mass is 431 g/mol. The third-order valence-corrected chi connectivity index (χ3v) is 5.12. The molecule has 1 atom stereocenters. The predicted molar refractivity (Wildman–Crippen MR) is 106 cm³/mol. The van der Waals surface area contributed by atoms with Crippen molar-refractivity contribution in [2.45, 2.75) is 38.4 Å². The second kappa shape index (κ2) is 8.05. The Balaban J connectivity index is 1.60. The number of nitrogens with one attached hydrogen (secondary N) is 1. The number of nitrogens with zero attached hydrogens (tertiary/aromatic N) is 2. The van der Waals surface area contributed by atoms with Gasteiger partial charge in [-0.3, -0.25) is 4.79 Å². The SMILES string of the molecule is COc1cc(-c2nc3c(o2)CCCC3NC(=O)c2cc(C)cc(C(F)(F)F)c2)ccn1. The summed E-state index contributed by atoms with van der Waals surface area (Å²) in [4.78, 5) is 21.4. The van der Waals surface area contributed by atoms with E-state index in [1.807, 2.05) is 0 Å². The Labute approximate surface area is 176 Å². The molecule has 2 aromatic heterocycles. The highest BCUT2D eigenvalue weighted by Gasteiger charge is 2.32. The fraction of sp³-hybridized carbons (Fsp3) is 0.318. The first kappa shape index (κ1) is 20.9. The normalized spacial score (nSPS) is 16.0. The van der Waals surface area contributed by atoms with Gasteiger partial charge >= 0.3 is 6.18 Å². The first-order valence-electron chi connectivity index (χ1n) is 9.74. The van der Waals surface area contributed by atoms with Crippen molar-refractivity contribution in [2.75, 3.05) is 7.11 Å². The molecule has 0 saturated carbocycles. The van der Waals surface area contributed by atoms with Crippen LogP contribution in [-0.2, 0) is 12.6 Å². The van der Waals surface area contributed by atoms with Crippen LogP contribution in [0.4, 0.5) is 13.2 Å². The third-order valence-electron chi connectivity index (χ3n) is 5.12. The molecule has 3 aromatic rings. The van der Waals surface area contributed by atoms with Gasteiger partial charge in [0.2, 0.25) is 11.8 Å². The number of carbonyl (C=O) groups is 1. The summed E-state index contributed by atoms with van der Waals surface area (Å²) in [7, 11) is 1.51. The number of fused-ring (bicyclic) bond motifs is 1. The second-order valence-electron chi connectivity index (χ2n) is 7.42. The smallest absolute Gasteiger partial charge is 0.416 e. The molecule has 1 aliphatic carbocycles. The molecule has 9 heteroatoms. The van der Waals surface area contributed by atoms with Crippen molar-refractivity contribution in [3.63, 3.8) is 0 Å². The lowest BCUT2D eigenvalue weighted by Crippen LogP contribution is -2.31. The summed E-state index contributed by atoms with van der Waals surface area (Å²) >= 11 is 0. The van der Waals surface area contributed by atoms with Crippen LogP contribution in [0.2, 0.25) is 0 Å². The number of hydrogen-bond acceptors (Lipinski definition) is 5. The molecule has 1 aromatic carbocycles. The highest BCUT2D eigenvalue weighted by molar-refractivity contribution is 5.95. The maximum atomic E-state index is 13.1. The minimum atomic E-state index is -4.52. The molecule has 1 N–H and O–H groups in total. The zero-order valence-corrected chi connectivity index (χ0v) is 16.9. The molecule has 2 heterocycles. The number of rotatable bonds is 4. The van der Waals surface area contributed by atoms with E-state index < -0.39 is 23.7 Å². The number of oxazole rings is 1. The minimum absolute atomic E-state index is 0.0398. The van der Waals surface area contributed by atoms with Crippen LogP contribution in [0.25, 0.3) is 11.5 Å². The van der Waals surface area contributed by atoms with Crippen molar-refractivity contribution in [1.82, 2.24) is 15.3 Å². The van der Waals surface area contributed by atoms with Gasteiger partial charge in [0.1, 0.15) is 11.5 Å². The number of halogens is 3. The molecule has 1 amide bonds. The van der Waals surface area contributed by atoms with E-state index in [4.69, 9.17) is 9.15 Å². The van der Waals surface area contributed by atoms with Gasteiger partial charge in [-0.1, -0.05) is 0 Å². The number of amides is 1. The van der Waals surface area contributed by atoms with E-state index >= 15 is 0 Å². The third kappa shape index (κ3) is 4.40. The molecule has 31 heavy (non-hydrogen) atoms. The Morgan fingerprint density at radius 2 is 2.06 bits per heavy atom. The number of aromatic nitrogens is 2. The van der Waals surface area contributed by atoms with Gasteiger partial charge in [-0.2, -0.15) is 13.2 Å². The van der Waals surface area contributed by atoms with Crippen molar-refractivity contribution in [3.8, 4) is 17.3 Å². The van der Waals surface area contributed by atoms with Crippen LogP contribution in [0, 0.1) is 6.92 Å². The second-order valence-corrected chi connectivity index (χ2v) is 7.42. The highest BCUT2D eigenvalue weighted by atomic mass is 19.4. The molecule has 6 nitrogen and oxygen atoms in total. The first-order chi connectivity index (χ1) is 14.7. The number of methoxy groups -OCH3 is 1. The molecular weight excluding hydrogens is 411 g/mol. The van der Waals surface area contributed by atoms with Crippen molar-refractivity contribution >= 4 is 5.91 Å². The molecule has 0 aliphatic heterocycles. The fourth-order valence-electron chi connectivity index (χ4n) is 3.66. The van der Waals surface area contributed by atoms with Gasteiger partial charge < -0.3 is 14.5 Å². The Kier molecular flexibility index (Phi) is 5.43. The number of alkyl halides is 3. The number of pyridine rings is 1. The highest BCUT2D eigenvalue weighted by Crippen LogP contribution is 2.34. The summed E-state index contributed by atoms with van der Waals surface area (Å²) in [6, 6.07) is 6.29. The lowest BCUT2D eigenvalue weighted by Gasteiger charge is -2.21. The molecular formula is C22H20F3N3O3. The summed E-state index contributed by atoms with van der Waals surface area (Å²) in [6.45, 7) is 1.53. The van der Waals surface area contributed by atoms with Crippen LogP contribution in [0.3, 0.4) is 0 Å². The molecule has 0 fully saturated rings. The largest absolute Gasteiger partial charge is 0.481 e. The van der Waals surface area contributed by atoms with Gasteiger partial charge in [-0.25, -0.2) is 9.97 Å². The summed E-state index contributed by atoms with van der Waals surface area (Å²) in [5.41, 5.74) is 0.743. The van der Waals surface area contributed by atoms with E-state index in [-0.39, 0.29) is 5.56 Å². The van der Waals surface area contributed by atoms with Crippen molar-refractivity contribution in [3.05, 3.63) is 64.7 Å². The molecule has 0 spiro atoms. The van der Waals surface area contributed by atoms with Crippen molar-refractivity contribution in [2.24, 2.45) is 0 Å². The van der Waals surface area contributed by atoms with Crippen LogP contribution in [0.1, 0.15) is 51.8 Å². The summed E-state index contributed by atoms with van der Waals surface area (Å²) in [5, 5.41) is 2.82. The standard InChI is InChI=1S/C22H20F3N3O3/c1-12-8-14(10-15(9-12)22(23,24)25)20(29)27-16-4-3-5-17-19(16)28-21(31-17)13-6-7-26-18(11-13)30-2/h6-11,16H,3-5H2,1-2H3,(H,27,29). The van der Waals surface area contributed by atoms with Crippen LogP contribution >= 0.6 is 0 Å². The maximum Gasteiger partial charge on any atom is 0.416 e. The maximum absolute atomic E-state index is 13.1. The van der Waals surface area contributed by atoms with Crippen molar-refractivity contribution < 1.29 is 27.1 Å². The van der Waals surface area contributed by atoms with Gasteiger partial charge in [0.05, 0.1) is 18.7 Å². The molecule has 0 radical (unpaired) electrons. The van der Waals surface area contributed by atoms with Crippen LogP contribution < -0.4 is 10.1 Å². The number of ether oxygens (including phenoxy) is 1.